The summed E-state index contributed by atoms with van der Waals surface area (Å²) in [6.45, 7) is 1.37. The van der Waals surface area contributed by atoms with Crippen LogP contribution in [0.2, 0.25) is 0 Å². The van der Waals surface area contributed by atoms with Gasteiger partial charge < -0.3 is 21.4 Å². The third-order valence-corrected chi connectivity index (χ3v) is 4.74. The maximum atomic E-state index is 13.1. The van der Waals surface area contributed by atoms with E-state index in [2.05, 4.69) is 20.9 Å². The lowest BCUT2D eigenvalue weighted by Crippen LogP contribution is -2.54. The number of hydrogen-bond donors (Lipinski definition) is 4. The van der Waals surface area contributed by atoms with Crippen LogP contribution in [-0.4, -0.2) is 46.8 Å². The Labute approximate surface area is 190 Å². The fourth-order valence-electron chi connectivity index (χ4n) is 3.02. The lowest BCUT2D eigenvalue weighted by atomic mass is 10.0. The third kappa shape index (κ3) is 8.98. The molecule has 1 heterocycles. The Morgan fingerprint density at radius 3 is 2.24 bits per heavy atom. The van der Waals surface area contributed by atoms with E-state index in [1.165, 1.54) is 31.2 Å². The van der Waals surface area contributed by atoms with Crippen LogP contribution in [0.4, 0.5) is 4.39 Å². The highest BCUT2D eigenvalue weighted by atomic mass is 19.1. The van der Waals surface area contributed by atoms with Crippen molar-refractivity contribution in [1.82, 2.24) is 20.9 Å². The molecule has 174 valence electrons. The molecule has 2 aromatic rings. The van der Waals surface area contributed by atoms with Crippen molar-refractivity contribution in [2.75, 3.05) is 0 Å². The summed E-state index contributed by atoms with van der Waals surface area (Å²) in [7, 11) is 0. The van der Waals surface area contributed by atoms with E-state index in [9.17, 15) is 23.6 Å². The first-order chi connectivity index (χ1) is 15.8. The zero-order chi connectivity index (χ0) is 24.2. The molecule has 0 aliphatic carbocycles. The van der Waals surface area contributed by atoms with Gasteiger partial charge in [-0.25, -0.2) is 4.39 Å². The molecule has 33 heavy (non-hydrogen) atoms. The molecule has 2 atom stereocenters. The zero-order valence-electron chi connectivity index (χ0n) is 18.1. The number of nitrogens with zero attached hydrogens (tertiary/aromatic N) is 1. The number of aromatic nitrogens is 1. The molecule has 0 unspecified atom stereocenters. The van der Waals surface area contributed by atoms with Crippen LogP contribution in [0.25, 0.3) is 0 Å². The Hall–Kier alpha value is -3.95. The van der Waals surface area contributed by atoms with Gasteiger partial charge in [0.15, 0.2) is 5.78 Å². The Bertz CT molecular complexity index is 982. The van der Waals surface area contributed by atoms with Crippen LogP contribution in [0.3, 0.4) is 0 Å². The highest BCUT2D eigenvalue weighted by Gasteiger charge is 2.26. The number of nitrogens with one attached hydrogen (secondary N) is 4. The van der Waals surface area contributed by atoms with Gasteiger partial charge in [0.2, 0.25) is 17.7 Å². The first kappa shape index (κ1) is 25.3. The molecular weight excluding hydrogens is 429 g/mol. The van der Waals surface area contributed by atoms with E-state index < -0.39 is 41.4 Å². The lowest BCUT2D eigenvalue weighted by molar-refractivity contribution is -0.132. The summed E-state index contributed by atoms with van der Waals surface area (Å²) in [6.07, 6.45) is 3.81. The molecule has 0 fully saturated rings. The molecule has 9 nitrogen and oxygen atoms in total. The number of carbonyl (C=O) groups is 4. The van der Waals surface area contributed by atoms with E-state index in [4.69, 9.17) is 5.41 Å². The maximum absolute atomic E-state index is 13.1. The highest BCUT2D eigenvalue weighted by molar-refractivity contribution is 6.26. The van der Waals surface area contributed by atoms with E-state index in [1.54, 1.807) is 24.5 Å². The van der Waals surface area contributed by atoms with E-state index in [-0.39, 0.29) is 25.8 Å². The number of halogens is 1. The van der Waals surface area contributed by atoms with Crippen LogP contribution < -0.4 is 16.0 Å². The topological polar surface area (TPSA) is 141 Å². The number of ketones is 1. The largest absolute Gasteiger partial charge is 0.350 e. The molecule has 0 aliphatic rings. The standard InChI is InChI=1S/C23H26FN5O4/c1-15(30)28-21(12-16-8-10-26-11-9-16)23(33)29-20(7-6-19(31)13-25)22(32)27-14-17-2-4-18(24)5-3-17/h2-5,8-11,13,20-21,25H,6-7,12,14H2,1H3,(H,27,32)(H,28,30)(H,29,33)/t20-,21-/m0/s1. The Morgan fingerprint density at radius 2 is 1.64 bits per heavy atom. The van der Waals surface area contributed by atoms with Crippen molar-refractivity contribution in [3.8, 4) is 0 Å². The molecule has 10 heteroatoms. The predicted molar refractivity (Wildman–Crippen MR) is 119 cm³/mol. The molecule has 4 N–H and O–H groups in total. The zero-order valence-corrected chi connectivity index (χ0v) is 18.1. The van der Waals surface area contributed by atoms with Gasteiger partial charge in [-0.2, -0.15) is 0 Å². The summed E-state index contributed by atoms with van der Waals surface area (Å²) in [4.78, 5) is 52.8. The van der Waals surface area contributed by atoms with Gasteiger partial charge in [0.1, 0.15) is 17.9 Å². The molecule has 1 aromatic carbocycles. The highest BCUT2D eigenvalue weighted by Crippen LogP contribution is 2.06. The molecule has 3 amide bonds. The van der Waals surface area contributed by atoms with Crippen molar-refractivity contribution < 1.29 is 23.6 Å². The second kappa shape index (κ2) is 12.8. The maximum Gasteiger partial charge on any atom is 0.243 e. The van der Waals surface area contributed by atoms with E-state index in [0.717, 1.165) is 5.56 Å². The van der Waals surface area contributed by atoms with Crippen LogP contribution in [0.15, 0.2) is 48.8 Å². The average molecular weight is 455 g/mol. The van der Waals surface area contributed by atoms with Crippen LogP contribution in [0, 0.1) is 11.2 Å². The first-order valence-electron chi connectivity index (χ1n) is 10.3. The van der Waals surface area contributed by atoms with Crippen LogP contribution in [0.1, 0.15) is 30.9 Å². The van der Waals surface area contributed by atoms with Gasteiger partial charge in [-0.05, 0) is 41.8 Å². The fourth-order valence-corrected chi connectivity index (χ4v) is 3.02. The molecule has 0 radical (unpaired) electrons. The number of amides is 3. The fraction of sp³-hybridized carbons (Fsp3) is 0.304. The summed E-state index contributed by atoms with van der Waals surface area (Å²) < 4.78 is 13.1. The van der Waals surface area contributed by atoms with Gasteiger partial charge >= 0.3 is 0 Å². The number of hydrogen-bond acceptors (Lipinski definition) is 6. The van der Waals surface area contributed by atoms with Crippen molar-refractivity contribution in [3.05, 3.63) is 65.7 Å². The number of Topliss-reactive ketones (excluding diaryl/α,β-unsaturated/α-hetero) is 1. The monoisotopic (exact) mass is 455 g/mol. The van der Waals surface area contributed by atoms with Crippen LogP contribution in [0.5, 0.6) is 0 Å². The van der Waals surface area contributed by atoms with Crippen LogP contribution >= 0.6 is 0 Å². The third-order valence-electron chi connectivity index (χ3n) is 4.74. The quantitative estimate of drug-likeness (QED) is 0.354. The van der Waals surface area contributed by atoms with Crippen molar-refractivity contribution >= 4 is 29.7 Å². The van der Waals surface area contributed by atoms with E-state index in [1.807, 2.05) is 0 Å². The van der Waals surface area contributed by atoms with Crippen molar-refractivity contribution in [1.29, 1.82) is 5.41 Å². The summed E-state index contributed by atoms with van der Waals surface area (Å²) in [5.74, 6) is -2.45. The predicted octanol–water partition coefficient (Wildman–Crippen LogP) is 1.07. The Kier molecular flexibility index (Phi) is 9.81. The summed E-state index contributed by atoms with van der Waals surface area (Å²) >= 11 is 0. The van der Waals surface area contributed by atoms with Gasteiger partial charge in [-0.15, -0.1) is 0 Å². The number of pyridine rings is 1. The van der Waals surface area contributed by atoms with Crippen molar-refractivity contribution in [3.63, 3.8) is 0 Å². The normalized spacial score (nSPS) is 12.2. The number of carbonyl (C=O) groups excluding carboxylic acids is 4. The van der Waals surface area contributed by atoms with Crippen molar-refractivity contribution in [2.24, 2.45) is 0 Å². The van der Waals surface area contributed by atoms with Crippen molar-refractivity contribution in [2.45, 2.75) is 44.8 Å². The minimum absolute atomic E-state index is 0.0305. The molecule has 0 bridgehead atoms. The molecular formula is C23H26FN5O4. The molecule has 0 saturated carbocycles. The second-order valence-electron chi connectivity index (χ2n) is 7.37. The van der Waals surface area contributed by atoms with E-state index in [0.29, 0.717) is 11.8 Å². The number of benzene rings is 1. The molecule has 2 rings (SSSR count). The van der Waals surface area contributed by atoms with Gasteiger partial charge in [-0.3, -0.25) is 24.2 Å². The molecule has 0 saturated heterocycles. The molecule has 0 aliphatic heterocycles. The smallest absolute Gasteiger partial charge is 0.243 e. The minimum atomic E-state index is -1.07. The summed E-state index contributed by atoms with van der Waals surface area (Å²) in [6, 6.07) is 6.95. The SMILES string of the molecule is CC(=O)N[C@@H](Cc1ccncc1)C(=O)N[C@@H](CCC(=O)C=N)C(=O)NCc1ccc(F)cc1. The number of rotatable bonds is 12. The van der Waals surface area contributed by atoms with Gasteiger partial charge in [-0.1, -0.05) is 12.1 Å². The molecule has 1 aromatic heterocycles. The van der Waals surface area contributed by atoms with E-state index >= 15 is 0 Å². The Balaban J connectivity index is 2.10. The summed E-state index contributed by atoms with van der Waals surface area (Å²) in [5.41, 5.74) is 1.41. The van der Waals surface area contributed by atoms with Gasteiger partial charge in [0, 0.05) is 38.7 Å². The van der Waals surface area contributed by atoms with Gasteiger partial charge in [0.25, 0.3) is 0 Å². The lowest BCUT2D eigenvalue weighted by Gasteiger charge is -2.23. The van der Waals surface area contributed by atoms with Crippen LogP contribution in [-0.2, 0) is 32.1 Å². The summed E-state index contributed by atoms with van der Waals surface area (Å²) in [5, 5.41) is 14.9. The first-order valence-corrected chi connectivity index (χ1v) is 10.3. The Morgan fingerprint density at radius 1 is 0.970 bits per heavy atom. The molecule has 0 spiro atoms. The van der Waals surface area contributed by atoms with Gasteiger partial charge in [0.05, 0.1) is 6.21 Å². The minimum Gasteiger partial charge on any atom is -0.350 e. The average Bonchev–Trinajstić information content (AvgIpc) is 2.80. The second-order valence-corrected chi connectivity index (χ2v) is 7.37.